The minimum Gasteiger partial charge on any atom is -0.481 e. The number of hydrogen-bond acceptors (Lipinski definition) is 4. The molecule has 0 unspecified atom stereocenters. The SMILES string of the molecule is N[C@]1(C(=O)O)CO[C@H]2[C@H](C(=O)O)[C@@H]21. The van der Waals surface area contributed by atoms with Gasteiger partial charge in [0.25, 0.3) is 0 Å². The molecule has 0 aromatic heterocycles. The normalized spacial score (nSPS) is 47.0. The third-order valence-electron chi connectivity index (χ3n) is 2.75. The average Bonchev–Trinajstić information content (AvgIpc) is 2.66. The summed E-state index contributed by atoms with van der Waals surface area (Å²) in [4.78, 5) is 21.3. The second kappa shape index (κ2) is 2.21. The van der Waals surface area contributed by atoms with Gasteiger partial charge >= 0.3 is 11.9 Å². The Morgan fingerprint density at radius 1 is 1.46 bits per heavy atom. The van der Waals surface area contributed by atoms with Gasteiger partial charge in [0.1, 0.15) is 5.54 Å². The van der Waals surface area contributed by atoms with Crippen LogP contribution in [-0.2, 0) is 14.3 Å². The molecule has 2 rings (SSSR count). The summed E-state index contributed by atoms with van der Waals surface area (Å²) in [6.45, 7) is -0.0958. The molecule has 4 N–H and O–H groups in total. The fraction of sp³-hybridized carbons (Fsp3) is 0.714. The second-order valence-corrected chi connectivity index (χ2v) is 3.51. The van der Waals surface area contributed by atoms with Gasteiger partial charge in [-0.2, -0.15) is 0 Å². The van der Waals surface area contributed by atoms with E-state index in [9.17, 15) is 9.59 Å². The summed E-state index contributed by atoms with van der Waals surface area (Å²) in [5, 5.41) is 17.4. The van der Waals surface area contributed by atoms with Crippen LogP contribution in [0.25, 0.3) is 0 Å². The van der Waals surface area contributed by atoms with Crippen molar-refractivity contribution in [1.29, 1.82) is 0 Å². The van der Waals surface area contributed by atoms with Crippen molar-refractivity contribution in [2.45, 2.75) is 11.6 Å². The number of aliphatic carboxylic acids is 2. The first-order chi connectivity index (χ1) is 5.98. The van der Waals surface area contributed by atoms with E-state index in [0.29, 0.717) is 0 Å². The summed E-state index contributed by atoms with van der Waals surface area (Å²) < 4.78 is 4.99. The molecule has 0 aromatic carbocycles. The third kappa shape index (κ3) is 0.895. The Labute approximate surface area is 73.3 Å². The number of carbonyl (C=O) groups is 2. The molecule has 1 saturated heterocycles. The van der Waals surface area contributed by atoms with Gasteiger partial charge in [-0.25, -0.2) is 0 Å². The number of hydrogen-bond donors (Lipinski definition) is 3. The highest BCUT2D eigenvalue weighted by atomic mass is 16.5. The third-order valence-corrected chi connectivity index (χ3v) is 2.75. The number of carboxylic acid groups (broad SMARTS) is 2. The highest BCUT2D eigenvalue weighted by Gasteiger charge is 2.72. The van der Waals surface area contributed by atoms with E-state index in [1.54, 1.807) is 0 Å². The van der Waals surface area contributed by atoms with Crippen molar-refractivity contribution in [2.24, 2.45) is 17.6 Å². The van der Waals surface area contributed by atoms with Gasteiger partial charge in [-0.1, -0.05) is 0 Å². The Balaban J connectivity index is 2.20. The van der Waals surface area contributed by atoms with E-state index in [2.05, 4.69) is 0 Å². The molecule has 1 aliphatic carbocycles. The Kier molecular flexibility index (Phi) is 1.44. The zero-order valence-corrected chi connectivity index (χ0v) is 6.64. The molecular formula is C7H9NO5. The molecule has 1 aliphatic heterocycles. The predicted molar refractivity (Wildman–Crippen MR) is 38.9 cm³/mol. The molecule has 4 atom stereocenters. The van der Waals surface area contributed by atoms with Crippen molar-refractivity contribution in [3.63, 3.8) is 0 Å². The molecule has 6 nitrogen and oxygen atoms in total. The lowest BCUT2D eigenvalue weighted by molar-refractivity contribution is -0.147. The van der Waals surface area contributed by atoms with Crippen molar-refractivity contribution >= 4 is 11.9 Å². The van der Waals surface area contributed by atoms with Crippen LogP contribution in [0.5, 0.6) is 0 Å². The lowest BCUT2D eigenvalue weighted by Gasteiger charge is -2.19. The first-order valence-corrected chi connectivity index (χ1v) is 3.85. The van der Waals surface area contributed by atoms with Crippen LogP contribution >= 0.6 is 0 Å². The summed E-state index contributed by atoms with van der Waals surface area (Å²) in [7, 11) is 0. The summed E-state index contributed by atoms with van der Waals surface area (Å²) in [5.74, 6) is -3.54. The van der Waals surface area contributed by atoms with Gasteiger partial charge in [0.05, 0.1) is 18.6 Å². The molecule has 13 heavy (non-hydrogen) atoms. The van der Waals surface area contributed by atoms with Crippen LogP contribution in [0.3, 0.4) is 0 Å². The van der Waals surface area contributed by atoms with Gasteiger partial charge in [0.2, 0.25) is 0 Å². The van der Waals surface area contributed by atoms with Gasteiger partial charge < -0.3 is 20.7 Å². The van der Waals surface area contributed by atoms with Crippen molar-refractivity contribution in [3.8, 4) is 0 Å². The standard InChI is InChI=1S/C7H9NO5/c8-7(6(11)12)1-13-4-2(3(4)7)5(9)10/h2-4H,1,8H2,(H,9,10)(H,11,12)/t2-,3+,4+,7-/m1/s1. The van der Waals surface area contributed by atoms with E-state index in [1.807, 2.05) is 0 Å². The fourth-order valence-electron chi connectivity index (χ4n) is 1.93. The van der Waals surface area contributed by atoms with Crippen molar-refractivity contribution in [1.82, 2.24) is 0 Å². The maximum absolute atomic E-state index is 10.7. The summed E-state index contributed by atoms with van der Waals surface area (Å²) in [5.41, 5.74) is 4.02. The van der Waals surface area contributed by atoms with Crippen LogP contribution in [0.1, 0.15) is 0 Å². The molecule has 2 aliphatic rings. The molecule has 0 amide bonds. The Morgan fingerprint density at radius 2 is 2.08 bits per heavy atom. The first kappa shape index (κ1) is 8.46. The zero-order valence-electron chi connectivity index (χ0n) is 6.64. The lowest BCUT2D eigenvalue weighted by atomic mass is 9.95. The number of fused-ring (bicyclic) bond motifs is 1. The zero-order chi connectivity index (χ0) is 9.80. The van der Waals surface area contributed by atoms with E-state index in [0.717, 1.165) is 0 Å². The van der Waals surface area contributed by atoms with E-state index in [1.165, 1.54) is 0 Å². The van der Waals surface area contributed by atoms with Gasteiger partial charge in [-0.3, -0.25) is 9.59 Å². The number of rotatable bonds is 2. The fourth-order valence-corrected chi connectivity index (χ4v) is 1.93. The molecular weight excluding hydrogens is 178 g/mol. The van der Waals surface area contributed by atoms with E-state index in [4.69, 9.17) is 20.7 Å². The van der Waals surface area contributed by atoms with E-state index < -0.39 is 35.4 Å². The number of nitrogens with two attached hydrogens (primary N) is 1. The van der Waals surface area contributed by atoms with Crippen molar-refractivity contribution in [3.05, 3.63) is 0 Å². The minimum atomic E-state index is -1.51. The first-order valence-electron chi connectivity index (χ1n) is 3.85. The van der Waals surface area contributed by atoms with Crippen LogP contribution < -0.4 is 5.73 Å². The maximum atomic E-state index is 10.7. The van der Waals surface area contributed by atoms with Crippen molar-refractivity contribution in [2.75, 3.05) is 6.61 Å². The van der Waals surface area contributed by atoms with Crippen LogP contribution in [-0.4, -0.2) is 40.4 Å². The molecule has 1 saturated carbocycles. The predicted octanol–water partition coefficient (Wildman–Crippen LogP) is -1.50. The van der Waals surface area contributed by atoms with Gasteiger partial charge in [-0.05, 0) is 0 Å². The van der Waals surface area contributed by atoms with Gasteiger partial charge in [0, 0.05) is 5.92 Å². The summed E-state index contributed by atoms with van der Waals surface area (Å²) in [6, 6.07) is 0. The number of ether oxygens (including phenoxy) is 1. The molecule has 1 heterocycles. The number of carboxylic acids is 2. The largest absolute Gasteiger partial charge is 0.481 e. The van der Waals surface area contributed by atoms with Crippen LogP contribution in [0.15, 0.2) is 0 Å². The average molecular weight is 187 g/mol. The monoisotopic (exact) mass is 187 g/mol. The minimum absolute atomic E-state index is 0.0958. The highest BCUT2D eigenvalue weighted by molar-refractivity contribution is 5.85. The lowest BCUT2D eigenvalue weighted by Crippen LogP contribution is -2.52. The Bertz CT molecular complexity index is 291. The van der Waals surface area contributed by atoms with Crippen LogP contribution in [0.4, 0.5) is 0 Å². The smallest absolute Gasteiger partial charge is 0.326 e. The van der Waals surface area contributed by atoms with Crippen LogP contribution in [0.2, 0.25) is 0 Å². The quantitative estimate of drug-likeness (QED) is 0.485. The van der Waals surface area contributed by atoms with Crippen molar-refractivity contribution < 1.29 is 24.5 Å². The molecule has 0 aromatic rings. The molecule has 2 fully saturated rings. The summed E-state index contributed by atoms with van der Waals surface area (Å²) in [6.07, 6.45) is -0.501. The van der Waals surface area contributed by atoms with Gasteiger partial charge in [-0.15, -0.1) is 0 Å². The van der Waals surface area contributed by atoms with Gasteiger partial charge in [0.15, 0.2) is 0 Å². The second-order valence-electron chi connectivity index (χ2n) is 3.51. The molecule has 0 bridgehead atoms. The maximum Gasteiger partial charge on any atom is 0.326 e. The van der Waals surface area contributed by atoms with E-state index in [-0.39, 0.29) is 6.61 Å². The Hall–Kier alpha value is -1.14. The van der Waals surface area contributed by atoms with E-state index >= 15 is 0 Å². The molecule has 72 valence electrons. The Morgan fingerprint density at radius 3 is 2.46 bits per heavy atom. The summed E-state index contributed by atoms with van der Waals surface area (Å²) >= 11 is 0. The van der Waals surface area contributed by atoms with Crippen LogP contribution in [0, 0.1) is 11.8 Å². The highest BCUT2D eigenvalue weighted by Crippen LogP contribution is 2.53. The molecule has 0 radical (unpaired) electrons. The topological polar surface area (TPSA) is 110 Å². The molecule has 0 spiro atoms. The molecule has 6 heteroatoms.